The maximum absolute atomic E-state index is 11.7. The minimum absolute atomic E-state index is 0.213. The molecule has 0 aromatic carbocycles. The van der Waals surface area contributed by atoms with E-state index in [1.807, 2.05) is 0 Å². The van der Waals surface area contributed by atoms with E-state index < -0.39 is 23.7 Å². The molecule has 1 unspecified atom stereocenters. The Morgan fingerprint density at radius 3 is 2.57 bits per heavy atom. The maximum Gasteiger partial charge on any atom is 0.408 e. The van der Waals surface area contributed by atoms with Gasteiger partial charge in [-0.15, -0.1) is 0 Å². The molecule has 0 spiro atoms. The maximum atomic E-state index is 11.7. The molecule has 21 heavy (non-hydrogen) atoms. The number of amides is 1. The summed E-state index contributed by atoms with van der Waals surface area (Å²) in [6, 6.07) is -0.773. The monoisotopic (exact) mass is 317 g/mol. The van der Waals surface area contributed by atoms with Crippen LogP contribution in [0.3, 0.4) is 0 Å². The Balaban J connectivity index is 2.49. The lowest BCUT2D eigenvalue weighted by Crippen LogP contribution is -2.45. The fourth-order valence-corrected chi connectivity index (χ4v) is 3.19. The van der Waals surface area contributed by atoms with E-state index in [2.05, 4.69) is 5.32 Å². The number of carbonyl (C=O) groups is 3. The zero-order valence-electron chi connectivity index (χ0n) is 12.9. The van der Waals surface area contributed by atoms with Crippen molar-refractivity contribution in [3.63, 3.8) is 0 Å². The number of ketones is 1. The van der Waals surface area contributed by atoms with Crippen LogP contribution in [0.5, 0.6) is 0 Å². The van der Waals surface area contributed by atoms with Gasteiger partial charge < -0.3 is 14.8 Å². The first kappa shape index (κ1) is 17.8. The molecule has 6 nitrogen and oxygen atoms in total. The van der Waals surface area contributed by atoms with Crippen LogP contribution in [0.15, 0.2) is 0 Å². The molecule has 0 bridgehead atoms. The topological polar surface area (TPSA) is 81.7 Å². The molecule has 7 heteroatoms. The summed E-state index contributed by atoms with van der Waals surface area (Å²) in [5.41, 5.74) is -0.629. The molecular weight excluding hydrogens is 294 g/mol. The van der Waals surface area contributed by atoms with E-state index >= 15 is 0 Å². The van der Waals surface area contributed by atoms with Crippen molar-refractivity contribution in [3.05, 3.63) is 0 Å². The Bertz CT molecular complexity index is 405. The summed E-state index contributed by atoms with van der Waals surface area (Å²) < 4.78 is 9.82. The molecule has 1 amide bonds. The van der Waals surface area contributed by atoms with Crippen LogP contribution in [0.2, 0.25) is 0 Å². The normalized spacial score (nSPS) is 20.0. The van der Waals surface area contributed by atoms with Gasteiger partial charge in [0.05, 0.1) is 7.11 Å². The van der Waals surface area contributed by atoms with Crippen LogP contribution in [0.1, 0.15) is 40.0 Å². The third kappa shape index (κ3) is 6.84. The predicted molar refractivity (Wildman–Crippen MR) is 80.3 cm³/mol. The van der Waals surface area contributed by atoms with Crippen LogP contribution in [-0.2, 0) is 19.1 Å². The van der Waals surface area contributed by atoms with Gasteiger partial charge in [0.1, 0.15) is 17.4 Å². The highest BCUT2D eigenvalue weighted by molar-refractivity contribution is 8.00. The molecule has 1 saturated carbocycles. The Kier molecular flexibility index (Phi) is 6.51. The van der Waals surface area contributed by atoms with Crippen molar-refractivity contribution in [2.24, 2.45) is 0 Å². The van der Waals surface area contributed by atoms with Crippen LogP contribution in [0.4, 0.5) is 4.79 Å². The van der Waals surface area contributed by atoms with Crippen LogP contribution < -0.4 is 5.32 Å². The molecule has 0 heterocycles. The van der Waals surface area contributed by atoms with E-state index in [9.17, 15) is 14.4 Å². The molecule has 0 radical (unpaired) electrons. The number of esters is 1. The number of ether oxygens (including phenoxy) is 2. The zero-order chi connectivity index (χ0) is 16.0. The van der Waals surface area contributed by atoms with Gasteiger partial charge in [0.25, 0.3) is 0 Å². The second kappa shape index (κ2) is 7.68. The Labute approximate surface area is 129 Å². The summed E-state index contributed by atoms with van der Waals surface area (Å²) in [4.78, 5) is 34.7. The largest absolute Gasteiger partial charge is 0.467 e. The smallest absolute Gasteiger partial charge is 0.408 e. The molecule has 0 aliphatic heterocycles. The van der Waals surface area contributed by atoms with Gasteiger partial charge in [0.2, 0.25) is 0 Å². The van der Waals surface area contributed by atoms with Crippen LogP contribution in [0, 0.1) is 0 Å². The van der Waals surface area contributed by atoms with E-state index in [1.165, 1.54) is 18.9 Å². The van der Waals surface area contributed by atoms with Gasteiger partial charge in [-0.1, -0.05) is 0 Å². The Morgan fingerprint density at radius 2 is 2.10 bits per heavy atom. The quantitative estimate of drug-likeness (QED) is 0.780. The van der Waals surface area contributed by atoms with Crippen molar-refractivity contribution in [2.75, 3.05) is 12.9 Å². The molecule has 1 N–H and O–H groups in total. The van der Waals surface area contributed by atoms with Crippen molar-refractivity contribution >= 4 is 29.6 Å². The number of Topliss-reactive ketones (excluding diaryl/α,β-unsaturated/α-hetero) is 1. The first-order valence-corrected chi connectivity index (χ1v) is 7.97. The van der Waals surface area contributed by atoms with E-state index in [0.29, 0.717) is 18.6 Å². The van der Waals surface area contributed by atoms with Crippen LogP contribution in [0.25, 0.3) is 0 Å². The minimum Gasteiger partial charge on any atom is -0.467 e. The average molecular weight is 317 g/mol. The number of methoxy groups -OCH3 is 1. The average Bonchev–Trinajstić information content (AvgIpc) is 2.77. The third-order valence-electron chi connectivity index (χ3n) is 2.88. The van der Waals surface area contributed by atoms with E-state index in [-0.39, 0.29) is 11.0 Å². The number of nitrogens with one attached hydrogen (secondary N) is 1. The summed E-state index contributed by atoms with van der Waals surface area (Å²) in [6.45, 7) is 5.25. The number of alkyl carbamates (subject to hydrolysis) is 1. The zero-order valence-corrected chi connectivity index (χ0v) is 13.7. The molecular formula is C14H23NO5S. The van der Waals surface area contributed by atoms with Crippen molar-refractivity contribution in [1.29, 1.82) is 0 Å². The van der Waals surface area contributed by atoms with Crippen molar-refractivity contribution < 1.29 is 23.9 Å². The summed E-state index contributed by atoms with van der Waals surface area (Å²) in [7, 11) is 1.27. The van der Waals surface area contributed by atoms with Crippen LogP contribution in [-0.4, -0.2) is 47.6 Å². The summed E-state index contributed by atoms with van der Waals surface area (Å²) in [5, 5.41) is 2.73. The number of hydrogen-bond acceptors (Lipinski definition) is 6. The number of thioether (sulfide) groups is 1. The van der Waals surface area contributed by atoms with Gasteiger partial charge in [-0.3, -0.25) is 4.79 Å². The standard InChI is InChI=1S/C14H23NO5S/c1-14(2,3)20-13(18)15-11(12(17)19-4)8-21-10-6-5-9(16)7-10/h10-11H,5-8H2,1-4H3,(H,15,18)/t10?,11-/m0/s1. The van der Waals surface area contributed by atoms with Crippen molar-refractivity contribution in [1.82, 2.24) is 5.32 Å². The molecule has 0 aromatic heterocycles. The fraction of sp³-hybridized carbons (Fsp3) is 0.786. The molecule has 0 aromatic rings. The molecule has 0 saturated heterocycles. The summed E-state index contributed by atoms with van der Waals surface area (Å²) >= 11 is 1.51. The van der Waals surface area contributed by atoms with E-state index in [0.717, 1.165) is 6.42 Å². The number of hydrogen-bond donors (Lipinski definition) is 1. The minimum atomic E-state index is -0.773. The lowest BCUT2D eigenvalue weighted by molar-refractivity contribution is -0.142. The highest BCUT2D eigenvalue weighted by atomic mass is 32.2. The third-order valence-corrected chi connectivity index (χ3v) is 4.28. The molecule has 1 aliphatic rings. The van der Waals surface area contributed by atoms with E-state index in [1.54, 1.807) is 20.8 Å². The highest BCUT2D eigenvalue weighted by Gasteiger charge is 2.28. The molecule has 1 fully saturated rings. The van der Waals surface area contributed by atoms with Gasteiger partial charge in [0, 0.05) is 23.8 Å². The summed E-state index contributed by atoms with van der Waals surface area (Å²) in [5.74, 6) is 0.101. The second-order valence-corrected chi connectivity index (χ2v) is 7.29. The van der Waals surface area contributed by atoms with Gasteiger partial charge >= 0.3 is 12.1 Å². The Hall–Kier alpha value is -1.24. The number of rotatable bonds is 5. The number of carbonyl (C=O) groups excluding carboxylic acids is 3. The molecule has 2 atom stereocenters. The van der Waals surface area contributed by atoms with Gasteiger partial charge in [0.15, 0.2) is 0 Å². The van der Waals surface area contributed by atoms with Gasteiger partial charge in [-0.2, -0.15) is 11.8 Å². The van der Waals surface area contributed by atoms with E-state index in [4.69, 9.17) is 9.47 Å². The fourth-order valence-electron chi connectivity index (χ4n) is 1.92. The predicted octanol–water partition coefficient (Wildman–Crippen LogP) is 1.91. The first-order chi connectivity index (χ1) is 9.71. The second-order valence-electron chi connectivity index (χ2n) is 5.96. The molecule has 120 valence electrons. The summed E-state index contributed by atoms with van der Waals surface area (Å²) in [6.07, 6.45) is 1.30. The van der Waals surface area contributed by atoms with Gasteiger partial charge in [-0.25, -0.2) is 9.59 Å². The first-order valence-electron chi connectivity index (χ1n) is 6.92. The lowest BCUT2D eigenvalue weighted by atomic mass is 10.2. The SMILES string of the molecule is COC(=O)[C@H](CSC1CCC(=O)C1)NC(=O)OC(C)(C)C. The van der Waals surface area contributed by atoms with Crippen LogP contribution >= 0.6 is 11.8 Å². The van der Waals surface area contributed by atoms with Crippen molar-refractivity contribution in [3.8, 4) is 0 Å². The van der Waals surface area contributed by atoms with Crippen molar-refractivity contribution in [2.45, 2.75) is 56.9 Å². The lowest BCUT2D eigenvalue weighted by Gasteiger charge is -2.23. The van der Waals surface area contributed by atoms with Gasteiger partial charge in [-0.05, 0) is 27.2 Å². The highest BCUT2D eigenvalue weighted by Crippen LogP contribution is 2.27. The molecule has 1 rings (SSSR count). The Morgan fingerprint density at radius 1 is 1.43 bits per heavy atom. The molecule has 1 aliphatic carbocycles.